The highest BCUT2D eigenvalue weighted by Gasteiger charge is 2.24. The Kier molecular flexibility index (Phi) is 3.96. The van der Waals surface area contributed by atoms with E-state index >= 15 is 0 Å². The lowest BCUT2D eigenvalue weighted by atomic mass is 10.2. The largest absolute Gasteiger partial charge is 0.379 e. The van der Waals surface area contributed by atoms with Crippen molar-refractivity contribution in [2.45, 2.75) is 25.8 Å². The van der Waals surface area contributed by atoms with Gasteiger partial charge in [0.05, 0.1) is 19.1 Å². The lowest BCUT2D eigenvalue weighted by molar-refractivity contribution is -0.131. The Hall–Kier alpha value is -0.720. The van der Waals surface area contributed by atoms with E-state index in [1.807, 2.05) is 14.0 Å². The summed E-state index contributed by atoms with van der Waals surface area (Å²) in [6.07, 6.45) is 1.36. The van der Waals surface area contributed by atoms with Crippen molar-refractivity contribution < 1.29 is 9.53 Å². The van der Waals surface area contributed by atoms with Crippen LogP contribution in [-0.4, -0.2) is 42.1 Å². The first-order chi connectivity index (χ1) is 8.08. The molecule has 0 spiro atoms. The zero-order valence-corrected chi connectivity index (χ0v) is 11.6. The van der Waals surface area contributed by atoms with Crippen LogP contribution in [0, 0.1) is 10.9 Å². The van der Waals surface area contributed by atoms with E-state index in [1.165, 1.54) is 11.3 Å². The number of carbonyl (C=O) groups is 1. The number of aromatic nitrogens is 1. The Morgan fingerprint density at radius 2 is 2.47 bits per heavy atom. The zero-order valence-electron chi connectivity index (χ0n) is 9.99. The topological polar surface area (TPSA) is 45.3 Å². The Balaban J connectivity index is 2.01. The molecule has 1 saturated heterocycles. The predicted octanol–water partition coefficient (Wildman–Crippen LogP) is 1.90. The number of nitrogens with one attached hydrogen (secondary N) is 1. The average molecular weight is 272 g/mol. The molecule has 17 heavy (non-hydrogen) atoms. The van der Waals surface area contributed by atoms with Crippen LogP contribution in [0.25, 0.3) is 0 Å². The third-order valence-electron chi connectivity index (χ3n) is 3.08. The van der Waals surface area contributed by atoms with Crippen LogP contribution in [-0.2, 0) is 16.0 Å². The van der Waals surface area contributed by atoms with E-state index in [0.29, 0.717) is 13.0 Å². The number of aryl methyl sites for hydroxylation is 1. The number of likely N-dealkylation sites (N-methyl/N-ethyl adjacent to an activating group) is 1. The minimum atomic E-state index is 0.133. The molecule has 2 heterocycles. The minimum Gasteiger partial charge on any atom is -0.379 e. The standard InChI is InChI=1S/C11H16N2O2S2/c1-7-9(17-11(16)12-7)5-10(14)13(2)8-3-4-15-6-8/h8H,3-6H2,1-2H3,(H,12,16). The molecule has 1 atom stereocenters. The molecule has 1 aliphatic heterocycles. The number of ether oxygens (including phenoxy) is 1. The summed E-state index contributed by atoms with van der Waals surface area (Å²) in [5.41, 5.74) is 1.00. The molecule has 0 aromatic carbocycles. The third kappa shape index (κ3) is 2.94. The van der Waals surface area contributed by atoms with Crippen molar-refractivity contribution in [1.29, 1.82) is 0 Å². The summed E-state index contributed by atoms with van der Waals surface area (Å²) < 4.78 is 6.03. The molecule has 4 nitrogen and oxygen atoms in total. The van der Waals surface area contributed by atoms with E-state index in [2.05, 4.69) is 4.98 Å². The average Bonchev–Trinajstić information content (AvgIpc) is 2.88. The van der Waals surface area contributed by atoms with Crippen molar-refractivity contribution in [2.75, 3.05) is 20.3 Å². The van der Waals surface area contributed by atoms with Crippen LogP contribution in [0.5, 0.6) is 0 Å². The first kappa shape index (κ1) is 12.7. The molecule has 0 aliphatic carbocycles. The fraction of sp³-hybridized carbons (Fsp3) is 0.636. The Labute approximate surface area is 110 Å². The number of aromatic amines is 1. The number of H-pyrrole nitrogens is 1. The van der Waals surface area contributed by atoms with Crippen LogP contribution >= 0.6 is 23.6 Å². The fourth-order valence-corrected chi connectivity index (χ4v) is 3.18. The van der Waals surface area contributed by atoms with E-state index in [-0.39, 0.29) is 11.9 Å². The third-order valence-corrected chi connectivity index (χ3v) is 4.42. The van der Waals surface area contributed by atoms with Crippen molar-refractivity contribution in [3.63, 3.8) is 0 Å². The predicted molar refractivity (Wildman–Crippen MR) is 69.9 cm³/mol. The highest BCUT2D eigenvalue weighted by molar-refractivity contribution is 7.73. The smallest absolute Gasteiger partial charge is 0.227 e. The van der Waals surface area contributed by atoms with Crippen LogP contribution in [0.2, 0.25) is 0 Å². The van der Waals surface area contributed by atoms with Gasteiger partial charge in [-0.1, -0.05) is 0 Å². The maximum absolute atomic E-state index is 12.1. The van der Waals surface area contributed by atoms with Crippen LogP contribution in [0.15, 0.2) is 0 Å². The van der Waals surface area contributed by atoms with Gasteiger partial charge in [0.2, 0.25) is 5.91 Å². The quantitative estimate of drug-likeness (QED) is 0.855. The lowest BCUT2D eigenvalue weighted by Crippen LogP contribution is -2.38. The van der Waals surface area contributed by atoms with Gasteiger partial charge in [-0.05, 0) is 25.6 Å². The van der Waals surface area contributed by atoms with Gasteiger partial charge in [-0.15, -0.1) is 11.3 Å². The highest BCUT2D eigenvalue weighted by Crippen LogP contribution is 2.18. The van der Waals surface area contributed by atoms with Gasteiger partial charge >= 0.3 is 0 Å². The molecule has 0 saturated carbocycles. The van der Waals surface area contributed by atoms with Crippen molar-refractivity contribution in [3.05, 3.63) is 14.5 Å². The van der Waals surface area contributed by atoms with E-state index in [4.69, 9.17) is 17.0 Å². The molecular formula is C11H16N2O2S2. The Bertz CT molecular complexity index is 460. The van der Waals surface area contributed by atoms with Gasteiger partial charge in [-0.3, -0.25) is 4.79 Å². The van der Waals surface area contributed by atoms with Gasteiger partial charge in [0.25, 0.3) is 0 Å². The SMILES string of the molecule is Cc1[nH]c(=S)sc1CC(=O)N(C)C1CCOC1. The summed E-state index contributed by atoms with van der Waals surface area (Å²) in [7, 11) is 1.85. The van der Waals surface area contributed by atoms with Crippen molar-refractivity contribution in [2.24, 2.45) is 0 Å². The summed E-state index contributed by atoms with van der Waals surface area (Å²) in [6.45, 7) is 3.36. The zero-order chi connectivity index (χ0) is 12.4. The van der Waals surface area contributed by atoms with Crippen molar-refractivity contribution in [1.82, 2.24) is 9.88 Å². The molecule has 1 amide bonds. The van der Waals surface area contributed by atoms with E-state index in [0.717, 1.165) is 27.6 Å². The molecule has 1 fully saturated rings. The van der Waals surface area contributed by atoms with Crippen LogP contribution in [0.1, 0.15) is 17.0 Å². The number of hydrogen-bond donors (Lipinski definition) is 1. The van der Waals surface area contributed by atoms with Gasteiger partial charge in [-0.2, -0.15) is 0 Å². The minimum absolute atomic E-state index is 0.133. The van der Waals surface area contributed by atoms with Crippen molar-refractivity contribution in [3.8, 4) is 0 Å². The summed E-state index contributed by atoms with van der Waals surface area (Å²) in [5, 5.41) is 0. The second-order valence-corrected chi connectivity index (χ2v) is 6.03. The highest BCUT2D eigenvalue weighted by atomic mass is 32.1. The number of thiazole rings is 1. The molecule has 6 heteroatoms. The molecule has 1 aliphatic rings. The number of rotatable bonds is 3. The van der Waals surface area contributed by atoms with Gasteiger partial charge in [-0.25, -0.2) is 0 Å². The summed E-state index contributed by atoms with van der Waals surface area (Å²) in [5.74, 6) is 0.133. The molecule has 94 valence electrons. The monoisotopic (exact) mass is 272 g/mol. The van der Waals surface area contributed by atoms with Crippen molar-refractivity contribution >= 4 is 29.5 Å². The van der Waals surface area contributed by atoms with Crippen LogP contribution in [0.4, 0.5) is 0 Å². The molecular weight excluding hydrogens is 256 g/mol. The van der Waals surface area contributed by atoms with E-state index in [9.17, 15) is 4.79 Å². The number of hydrogen-bond acceptors (Lipinski definition) is 4. The molecule has 2 rings (SSSR count). The number of amides is 1. The summed E-state index contributed by atoms with van der Waals surface area (Å²) in [4.78, 5) is 18.0. The molecule has 1 unspecified atom stereocenters. The van der Waals surface area contributed by atoms with Crippen LogP contribution in [0.3, 0.4) is 0 Å². The van der Waals surface area contributed by atoms with Gasteiger partial charge in [0.1, 0.15) is 0 Å². The second kappa shape index (κ2) is 5.29. The van der Waals surface area contributed by atoms with E-state index in [1.54, 1.807) is 4.90 Å². The maximum atomic E-state index is 12.1. The first-order valence-corrected chi connectivity index (χ1v) is 6.82. The fourth-order valence-electron chi connectivity index (χ4n) is 1.90. The van der Waals surface area contributed by atoms with Gasteiger partial charge in [0, 0.05) is 24.2 Å². The molecule has 1 N–H and O–H groups in total. The molecule has 1 aromatic heterocycles. The summed E-state index contributed by atoms with van der Waals surface area (Å²) >= 11 is 6.55. The normalized spacial score (nSPS) is 19.5. The number of carbonyl (C=O) groups excluding carboxylic acids is 1. The second-order valence-electron chi connectivity index (χ2n) is 4.26. The Morgan fingerprint density at radius 1 is 1.71 bits per heavy atom. The molecule has 0 bridgehead atoms. The van der Waals surface area contributed by atoms with Gasteiger partial charge in [0.15, 0.2) is 3.95 Å². The molecule has 0 radical (unpaired) electrons. The maximum Gasteiger partial charge on any atom is 0.227 e. The summed E-state index contributed by atoms with van der Waals surface area (Å²) in [6, 6.07) is 0.231. The molecule has 1 aromatic rings. The van der Waals surface area contributed by atoms with Gasteiger partial charge < -0.3 is 14.6 Å². The van der Waals surface area contributed by atoms with Crippen LogP contribution < -0.4 is 0 Å². The first-order valence-electron chi connectivity index (χ1n) is 5.60. The number of nitrogens with zero attached hydrogens (tertiary/aromatic N) is 1. The lowest BCUT2D eigenvalue weighted by Gasteiger charge is -2.22. The Morgan fingerprint density at radius 3 is 3.00 bits per heavy atom. The van der Waals surface area contributed by atoms with E-state index < -0.39 is 0 Å².